The summed E-state index contributed by atoms with van der Waals surface area (Å²) in [6.07, 6.45) is 0. The van der Waals surface area contributed by atoms with Gasteiger partial charge in [-0.05, 0) is 22.9 Å². The van der Waals surface area contributed by atoms with E-state index in [1.807, 2.05) is 0 Å². The van der Waals surface area contributed by atoms with Crippen molar-refractivity contribution in [2.45, 2.75) is 6.92 Å². The van der Waals surface area contributed by atoms with Gasteiger partial charge in [-0.3, -0.25) is 9.59 Å². The maximum atomic E-state index is 12.1. The van der Waals surface area contributed by atoms with Crippen LogP contribution in [0.4, 0.5) is 11.5 Å². The van der Waals surface area contributed by atoms with E-state index in [0.717, 1.165) is 0 Å². The number of nitrogens with one attached hydrogen (secondary N) is 2. The third-order valence-electron chi connectivity index (χ3n) is 3.27. The number of hydrogen-bond donors (Lipinski definition) is 2. The Balaban J connectivity index is 1.46. The Labute approximate surface area is 162 Å². The molecule has 1 aromatic carbocycles. The first kappa shape index (κ1) is 18.6. The van der Waals surface area contributed by atoms with E-state index in [-0.39, 0.29) is 23.3 Å². The molecule has 1 aliphatic heterocycles. The summed E-state index contributed by atoms with van der Waals surface area (Å²) >= 11 is 4.59. The van der Waals surface area contributed by atoms with Crippen LogP contribution in [0.2, 0.25) is 0 Å². The zero-order chi connectivity index (χ0) is 18.5. The van der Waals surface area contributed by atoms with Gasteiger partial charge >= 0.3 is 0 Å². The van der Waals surface area contributed by atoms with E-state index in [2.05, 4.69) is 31.7 Å². The van der Waals surface area contributed by atoms with Crippen LogP contribution in [-0.2, 0) is 9.59 Å². The van der Waals surface area contributed by atoms with E-state index in [1.54, 1.807) is 25.1 Å². The molecular weight excluding hydrogens is 426 g/mol. The molecule has 8 nitrogen and oxygen atoms in total. The van der Waals surface area contributed by atoms with Crippen LogP contribution >= 0.6 is 27.7 Å². The number of thioether (sulfide) groups is 1. The Morgan fingerprint density at radius 2 is 1.77 bits per heavy atom. The highest BCUT2D eigenvalue weighted by Crippen LogP contribution is 2.38. The number of aryl methyl sites for hydroxylation is 1. The molecule has 1 aliphatic rings. The van der Waals surface area contributed by atoms with Crippen LogP contribution in [0.3, 0.4) is 0 Å². The number of amides is 2. The van der Waals surface area contributed by atoms with Crippen molar-refractivity contribution in [1.29, 1.82) is 0 Å². The smallest absolute Gasteiger partial charge is 0.235 e. The molecule has 0 fully saturated rings. The second-order valence-corrected chi connectivity index (χ2v) is 7.23. The highest BCUT2D eigenvalue weighted by atomic mass is 79.9. The Morgan fingerprint density at radius 3 is 2.42 bits per heavy atom. The number of benzene rings is 1. The molecule has 0 unspecified atom stereocenters. The minimum Gasteiger partial charge on any atom is -0.486 e. The van der Waals surface area contributed by atoms with Crippen molar-refractivity contribution >= 4 is 51.0 Å². The molecule has 10 heteroatoms. The van der Waals surface area contributed by atoms with Crippen LogP contribution in [0.5, 0.6) is 11.5 Å². The van der Waals surface area contributed by atoms with Crippen molar-refractivity contribution in [3.05, 3.63) is 28.4 Å². The van der Waals surface area contributed by atoms with E-state index in [0.29, 0.717) is 46.5 Å². The predicted octanol–water partition coefficient (Wildman–Crippen LogP) is 2.83. The van der Waals surface area contributed by atoms with Crippen LogP contribution in [0, 0.1) is 6.92 Å². The molecule has 0 saturated heterocycles. The third kappa shape index (κ3) is 4.92. The lowest BCUT2D eigenvalue weighted by atomic mass is 10.2. The molecule has 138 valence electrons. The number of carbonyl (C=O) groups is 2. The summed E-state index contributed by atoms with van der Waals surface area (Å²) in [5.74, 6) is 1.97. The highest BCUT2D eigenvalue weighted by molar-refractivity contribution is 9.10. The van der Waals surface area contributed by atoms with Crippen molar-refractivity contribution in [1.82, 2.24) is 5.16 Å². The van der Waals surface area contributed by atoms with Crippen LogP contribution in [-0.4, -0.2) is 41.7 Å². The average Bonchev–Trinajstić information content (AvgIpc) is 3.00. The van der Waals surface area contributed by atoms with Gasteiger partial charge in [-0.1, -0.05) is 5.16 Å². The number of nitrogens with zero attached hydrogens (tertiary/aromatic N) is 1. The molecule has 3 rings (SSSR count). The average molecular weight is 442 g/mol. The van der Waals surface area contributed by atoms with E-state index in [1.165, 1.54) is 11.8 Å². The zero-order valence-corrected chi connectivity index (χ0v) is 16.2. The number of fused-ring (bicyclic) bond motifs is 1. The second-order valence-electron chi connectivity index (χ2n) is 5.39. The normalized spacial score (nSPS) is 12.5. The fourth-order valence-electron chi connectivity index (χ4n) is 2.19. The molecule has 0 saturated carbocycles. The molecule has 0 atom stereocenters. The molecule has 0 spiro atoms. The Morgan fingerprint density at radius 1 is 1.12 bits per heavy atom. The summed E-state index contributed by atoms with van der Waals surface area (Å²) in [7, 11) is 0. The van der Waals surface area contributed by atoms with Gasteiger partial charge in [0.1, 0.15) is 19.0 Å². The largest absolute Gasteiger partial charge is 0.486 e. The lowest BCUT2D eigenvalue weighted by molar-refractivity contribution is -0.114. The first-order chi connectivity index (χ1) is 12.5. The third-order valence-corrected chi connectivity index (χ3v) is 4.86. The van der Waals surface area contributed by atoms with Gasteiger partial charge in [0, 0.05) is 22.7 Å². The van der Waals surface area contributed by atoms with Gasteiger partial charge in [0.25, 0.3) is 0 Å². The fraction of sp³-hybridized carbons (Fsp3) is 0.312. The second kappa shape index (κ2) is 8.45. The maximum absolute atomic E-state index is 12.1. The van der Waals surface area contributed by atoms with Gasteiger partial charge in [0.15, 0.2) is 17.3 Å². The van der Waals surface area contributed by atoms with Crippen LogP contribution in [0.25, 0.3) is 0 Å². The van der Waals surface area contributed by atoms with Gasteiger partial charge in [-0.2, -0.15) is 0 Å². The minimum atomic E-state index is -0.253. The first-order valence-corrected chi connectivity index (χ1v) is 9.66. The molecule has 2 heterocycles. The topological polar surface area (TPSA) is 103 Å². The molecule has 2 amide bonds. The Kier molecular flexibility index (Phi) is 6.04. The standard InChI is InChI=1S/C16H16BrN3O5S/c1-9-4-14(20-25-9)19-16(22)8-26-7-15(21)18-11-6-13-12(5-10(11)17)23-2-3-24-13/h4-6H,2-3,7-8H2,1H3,(H,18,21)(H,19,20,22). The summed E-state index contributed by atoms with van der Waals surface area (Å²) in [5.41, 5.74) is 0.586. The van der Waals surface area contributed by atoms with E-state index >= 15 is 0 Å². The van der Waals surface area contributed by atoms with Gasteiger partial charge in [0.05, 0.1) is 17.2 Å². The maximum Gasteiger partial charge on any atom is 0.235 e. The Bertz CT molecular complexity index is 826. The van der Waals surface area contributed by atoms with E-state index < -0.39 is 0 Å². The first-order valence-electron chi connectivity index (χ1n) is 7.71. The summed E-state index contributed by atoms with van der Waals surface area (Å²) < 4.78 is 16.5. The van der Waals surface area contributed by atoms with E-state index in [9.17, 15) is 9.59 Å². The number of halogens is 1. The summed E-state index contributed by atoms with van der Waals surface area (Å²) in [6.45, 7) is 2.70. The SMILES string of the molecule is Cc1cc(NC(=O)CSCC(=O)Nc2cc3c(cc2Br)OCCO3)no1. The molecular formula is C16H16BrN3O5S. The van der Waals surface area contributed by atoms with Crippen molar-refractivity contribution in [2.75, 3.05) is 35.4 Å². The zero-order valence-electron chi connectivity index (χ0n) is 13.8. The number of hydrogen-bond acceptors (Lipinski definition) is 7. The molecule has 2 N–H and O–H groups in total. The summed E-state index contributed by atoms with van der Waals surface area (Å²) in [5, 5.41) is 9.06. The molecule has 26 heavy (non-hydrogen) atoms. The lowest BCUT2D eigenvalue weighted by Gasteiger charge is -2.20. The minimum absolute atomic E-state index is 0.127. The molecule has 1 aromatic heterocycles. The number of aromatic nitrogens is 1. The molecule has 0 aliphatic carbocycles. The fourth-order valence-corrected chi connectivity index (χ4v) is 3.23. The van der Waals surface area contributed by atoms with Crippen molar-refractivity contribution in [3.8, 4) is 11.5 Å². The number of ether oxygens (including phenoxy) is 2. The van der Waals surface area contributed by atoms with Gasteiger partial charge in [0.2, 0.25) is 11.8 Å². The number of rotatable bonds is 6. The number of anilines is 2. The molecule has 0 radical (unpaired) electrons. The Hall–Kier alpha value is -2.20. The van der Waals surface area contributed by atoms with Gasteiger partial charge in [-0.25, -0.2) is 0 Å². The highest BCUT2D eigenvalue weighted by Gasteiger charge is 2.16. The number of carbonyl (C=O) groups excluding carboxylic acids is 2. The van der Waals surface area contributed by atoms with Gasteiger partial charge in [-0.15, -0.1) is 11.8 Å². The molecule has 2 aromatic rings. The van der Waals surface area contributed by atoms with Crippen LogP contribution < -0.4 is 20.1 Å². The summed E-state index contributed by atoms with van der Waals surface area (Å²) in [4.78, 5) is 23.9. The quantitative estimate of drug-likeness (QED) is 0.709. The van der Waals surface area contributed by atoms with Crippen LogP contribution in [0.15, 0.2) is 27.2 Å². The van der Waals surface area contributed by atoms with Crippen molar-refractivity contribution in [3.63, 3.8) is 0 Å². The van der Waals surface area contributed by atoms with Crippen molar-refractivity contribution < 1.29 is 23.6 Å². The van der Waals surface area contributed by atoms with Gasteiger partial charge < -0.3 is 24.6 Å². The van der Waals surface area contributed by atoms with E-state index in [4.69, 9.17) is 14.0 Å². The molecule has 0 bridgehead atoms. The lowest BCUT2D eigenvalue weighted by Crippen LogP contribution is -2.19. The predicted molar refractivity (Wildman–Crippen MR) is 101 cm³/mol. The summed E-state index contributed by atoms with van der Waals surface area (Å²) in [6, 6.07) is 5.08. The van der Waals surface area contributed by atoms with Crippen LogP contribution in [0.1, 0.15) is 5.76 Å². The monoisotopic (exact) mass is 441 g/mol. The van der Waals surface area contributed by atoms with Crippen molar-refractivity contribution in [2.24, 2.45) is 0 Å².